The molecule has 0 radical (unpaired) electrons. The number of ketones is 1. The van der Waals surface area contributed by atoms with E-state index in [1.165, 1.54) is 12.0 Å². The predicted octanol–water partition coefficient (Wildman–Crippen LogP) is 5.26. The second-order valence-corrected chi connectivity index (χ2v) is 8.12. The van der Waals surface area contributed by atoms with Crippen molar-refractivity contribution in [2.75, 3.05) is 18.6 Å². The summed E-state index contributed by atoms with van der Waals surface area (Å²) in [7, 11) is 1.54. The molecule has 1 aliphatic rings. The van der Waals surface area contributed by atoms with Gasteiger partial charge in [-0.2, -0.15) is 0 Å². The lowest BCUT2D eigenvalue weighted by atomic mass is 9.91. The number of hydrogen-bond donors (Lipinski definition) is 1. The molecule has 3 rings (SSSR count). The molecule has 0 spiro atoms. The fraction of sp³-hybridized carbons (Fsp3) is 0.333. The number of nitrogens with zero attached hydrogens (tertiary/aromatic N) is 1. The topological polar surface area (TPSA) is 76.1 Å². The number of rotatable bonds is 8. The molecular formula is C24H26ClNO5. The number of methoxy groups -OCH3 is 1. The van der Waals surface area contributed by atoms with Gasteiger partial charge in [0.05, 0.1) is 25.3 Å². The van der Waals surface area contributed by atoms with Gasteiger partial charge in [0.15, 0.2) is 23.0 Å². The van der Waals surface area contributed by atoms with Crippen LogP contribution in [0.4, 0.5) is 5.69 Å². The molecule has 0 saturated heterocycles. The van der Waals surface area contributed by atoms with Crippen LogP contribution in [-0.2, 0) is 9.59 Å². The number of halogens is 1. The molecule has 7 heteroatoms. The third kappa shape index (κ3) is 4.54. The Kier molecular flexibility index (Phi) is 6.91. The molecule has 2 aromatic carbocycles. The number of ether oxygens (including phenoxy) is 2. The standard InChI is InChI=1S/C24H26ClNO5/c1-5-31-20-12-15(9-10-19(20)30-4)22-21(18(27)11-14(2)3)23(28)24(29)26(22)17-8-6-7-16(25)13-17/h6-10,12-14,22,28H,5,11H2,1-4H3. The molecule has 0 saturated carbocycles. The molecule has 1 unspecified atom stereocenters. The Balaban J connectivity index is 2.19. The molecule has 164 valence electrons. The molecule has 1 aliphatic heterocycles. The smallest absolute Gasteiger partial charge is 0.294 e. The average molecular weight is 444 g/mol. The van der Waals surface area contributed by atoms with E-state index < -0.39 is 17.7 Å². The maximum Gasteiger partial charge on any atom is 0.294 e. The van der Waals surface area contributed by atoms with Gasteiger partial charge in [0.2, 0.25) is 0 Å². The molecule has 1 atom stereocenters. The summed E-state index contributed by atoms with van der Waals surface area (Å²) >= 11 is 6.16. The molecule has 2 aromatic rings. The number of aliphatic hydroxyl groups excluding tert-OH is 1. The zero-order chi connectivity index (χ0) is 22.7. The van der Waals surface area contributed by atoms with Gasteiger partial charge >= 0.3 is 0 Å². The first-order valence-electron chi connectivity index (χ1n) is 10.1. The Hall–Kier alpha value is -2.99. The van der Waals surface area contributed by atoms with Gasteiger partial charge in [-0.3, -0.25) is 14.5 Å². The van der Waals surface area contributed by atoms with Gasteiger partial charge < -0.3 is 14.6 Å². The van der Waals surface area contributed by atoms with Gasteiger partial charge in [0.1, 0.15) is 0 Å². The summed E-state index contributed by atoms with van der Waals surface area (Å²) in [5.74, 6) is -0.365. The summed E-state index contributed by atoms with van der Waals surface area (Å²) in [6, 6.07) is 11.2. The van der Waals surface area contributed by atoms with Crippen LogP contribution in [0.25, 0.3) is 0 Å². The fourth-order valence-corrected chi connectivity index (χ4v) is 3.89. The predicted molar refractivity (Wildman–Crippen MR) is 120 cm³/mol. The molecule has 1 N–H and O–H groups in total. The number of hydrogen-bond acceptors (Lipinski definition) is 5. The maximum absolute atomic E-state index is 13.1. The van der Waals surface area contributed by atoms with E-state index in [1.807, 2.05) is 20.8 Å². The normalized spacial score (nSPS) is 16.3. The Morgan fingerprint density at radius 1 is 1.19 bits per heavy atom. The quantitative estimate of drug-likeness (QED) is 0.602. The van der Waals surface area contributed by atoms with E-state index in [0.29, 0.717) is 34.4 Å². The first-order valence-corrected chi connectivity index (χ1v) is 10.5. The van der Waals surface area contributed by atoms with Crippen LogP contribution in [0.1, 0.15) is 38.8 Å². The summed E-state index contributed by atoms with van der Waals surface area (Å²) in [5.41, 5.74) is 1.18. The summed E-state index contributed by atoms with van der Waals surface area (Å²) in [6.45, 7) is 6.10. The Morgan fingerprint density at radius 2 is 1.94 bits per heavy atom. The summed E-state index contributed by atoms with van der Waals surface area (Å²) in [5, 5.41) is 11.2. The van der Waals surface area contributed by atoms with Crippen molar-refractivity contribution in [1.82, 2.24) is 0 Å². The van der Waals surface area contributed by atoms with E-state index in [2.05, 4.69) is 0 Å². The number of anilines is 1. The second-order valence-electron chi connectivity index (χ2n) is 7.68. The highest BCUT2D eigenvalue weighted by atomic mass is 35.5. The van der Waals surface area contributed by atoms with Gasteiger partial charge in [-0.25, -0.2) is 0 Å². The molecule has 6 nitrogen and oxygen atoms in total. The molecule has 0 bridgehead atoms. The van der Waals surface area contributed by atoms with Crippen molar-refractivity contribution in [1.29, 1.82) is 0 Å². The lowest BCUT2D eigenvalue weighted by molar-refractivity contribution is -0.118. The van der Waals surface area contributed by atoms with Crippen LogP contribution in [0.5, 0.6) is 11.5 Å². The molecule has 0 fully saturated rings. The van der Waals surface area contributed by atoms with Crippen LogP contribution in [0, 0.1) is 5.92 Å². The molecule has 1 amide bonds. The number of Topliss-reactive ketones (excluding diaryl/α,β-unsaturated/α-hetero) is 1. The third-order valence-electron chi connectivity index (χ3n) is 4.99. The molecule has 31 heavy (non-hydrogen) atoms. The Labute approximate surface area is 187 Å². The van der Waals surface area contributed by atoms with Crippen LogP contribution >= 0.6 is 11.6 Å². The zero-order valence-corrected chi connectivity index (χ0v) is 18.8. The maximum atomic E-state index is 13.1. The van der Waals surface area contributed by atoms with Gasteiger partial charge in [0.25, 0.3) is 5.91 Å². The van der Waals surface area contributed by atoms with Crippen molar-refractivity contribution >= 4 is 29.0 Å². The highest BCUT2D eigenvalue weighted by Crippen LogP contribution is 2.44. The van der Waals surface area contributed by atoms with E-state index in [0.717, 1.165) is 0 Å². The van der Waals surface area contributed by atoms with Gasteiger partial charge in [-0.15, -0.1) is 0 Å². The minimum atomic E-state index is -0.817. The number of carbonyl (C=O) groups excluding carboxylic acids is 2. The van der Waals surface area contributed by atoms with Crippen LogP contribution < -0.4 is 14.4 Å². The lowest BCUT2D eigenvalue weighted by Gasteiger charge is -2.28. The van der Waals surface area contributed by atoms with E-state index in [1.54, 1.807) is 42.5 Å². The first-order chi connectivity index (χ1) is 14.8. The summed E-state index contributed by atoms with van der Waals surface area (Å²) in [6.07, 6.45) is 0.209. The van der Waals surface area contributed by atoms with Crippen molar-refractivity contribution in [2.24, 2.45) is 5.92 Å². The highest BCUT2D eigenvalue weighted by Gasteiger charge is 2.44. The highest BCUT2D eigenvalue weighted by molar-refractivity contribution is 6.31. The number of benzene rings is 2. The van der Waals surface area contributed by atoms with E-state index in [9.17, 15) is 14.7 Å². The van der Waals surface area contributed by atoms with Crippen molar-refractivity contribution in [3.05, 3.63) is 64.4 Å². The summed E-state index contributed by atoms with van der Waals surface area (Å²) < 4.78 is 11.0. The zero-order valence-electron chi connectivity index (χ0n) is 18.0. The molecular weight excluding hydrogens is 418 g/mol. The van der Waals surface area contributed by atoms with Gasteiger partial charge in [-0.05, 0) is 48.7 Å². The summed E-state index contributed by atoms with van der Waals surface area (Å²) in [4.78, 5) is 27.6. The first kappa shape index (κ1) is 22.7. The Morgan fingerprint density at radius 3 is 2.55 bits per heavy atom. The molecule has 1 heterocycles. The van der Waals surface area contributed by atoms with E-state index >= 15 is 0 Å². The van der Waals surface area contributed by atoms with Crippen LogP contribution in [0.15, 0.2) is 53.8 Å². The van der Waals surface area contributed by atoms with E-state index in [4.69, 9.17) is 21.1 Å². The minimum absolute atomic E-state index is 0.0682. The average Bonchev–Trinajstić information content (AvgIpc) is 2.98. The minimum Gasteiger partial charge on any atom is -0.503 e. The van der Waals surface area contributed by atoms with Crippen LogP contribution in [0.2, 0.25) is 5.02 Å². The van der Waals surface area contributed by atoms with Crippen molar-refractivity contribution < 1.29 is 24.2 Å². The fourth-order valence-electron chi connectivity index (χ4n) is 3.71. The van der Waals surface area contributed by atoms with Crippen molar-refractivity contribution in [3.63, 3.8) is 0 Å². The number of carbonyl (C=O) groups is 2. The molecule has 0 aromatic heterocycles. The monoisotopic (exact) mass is 443 g/mol. The Bertz CT molecular complexity index is 1030. The van der Waals surface area contributed by atoms with Crippen LogP contribution in [0.3, 0.4) is 0 Å². The van der Waals surface area contributed by atoms with Crippen molar-refractivity contribution in [2.45, 2.75) is 33.2 Å². The largest absolute Gasteiger partial charge is 0.503 e. The number of amides is 1. The number of aliphatic hydroxyl groups is 1. The molecule has 0 aliphatic carbocycles. The second kappa shape index (κ2) is 9.43. The SMILES string of the molecule is CCOc1cc(C2C(C(=O)CC(C)C)=C(O)C(=O)N2c2cccc(Cl)c2)ccc1OC. The van der Waals surface area contributed by atoms with Gasteiger partial charge in [0, 0.05) is 17.1 Å². The third-order valence-corrected chi connectivity index (χ3v) is 5.23. The van der Waals surface area contributed by atoms with Crippen molar-refractivity contribution in [3.8, 4) is 11.5 Å². The lowest BCUT2D eigenvalue weighted by Crippen LogP contribution is -2.31. The van der Waals surface area contributed by atoms with Crippen LogP contribution in [-0.4, -0.2) is 30.5 Å². The van der Waals surface area contributed by atoms with E-state index in [-0.39, 0.29) is 23.7 Å². The van der Waals surface area contributed by atoms with Gasteiger partial charge in [-0.1, -0.05) is 37.6 Å².